The molecule has 0 aliphatic carbocycles. The van der Waals surface area contributed by atoms with Crippen LogP contribution in [0, 0.1) is 0 Å². The maximum atomic E-state index is 11.6. The Morgan fingerprint density at radius 1 is 1.50 bits per heavy atom. The van der Waals surface area contributed by atoms with Crippen LogP contribution in [0.3, 0.4) is 0 Å². The zero-order valence-electron chi connectivity index (χ0n) is 11.9. The maximum absolute atomic E-state index is 11.6. The molecule has 0 amide bonds. The summed E-state index contributed by atoms with van der Waals surface area (Å²) in [5, 5.41) is 3.98. The summed E-state index contributed by atoms with van der Waals surface area (Å²) in [5.41, 5.74) is 0. The highest BCUT2D eigenvalue weighted by molar-refractivity contribution is 5.79. The molecule has 0 radical (unpaired) electrons. The fraction of sp³-hybridized carbons (Fsp3) is 0.786. The SMILES string of the molecule is CCCC(=O)Cc1nc(C2CN3CCCC3CO2)no1. The lowest BCUT2D eigenvalue weighted by Gasteiger charge is -2.33. The van der Waals surface area contributed by atoms with Crippen molar-refractivity contribution in [2.75, 3.05) is 19.7 Å². The number of Topliss-reactive ketones (excluding diaryl/α,β-unsaturated/α-hetero) is 1. The van der Waals surface area contributed by atoms with Crippen molar-refractivity contribution in [1.29, 1.82) is 0 Å². The molecule has 2 aliphatic rings. The van der Waals surface area contributed by atoms with E-state index in [1.54, 1.807) is 0 Å². The average molecular weight is 279 g/mol. The van der Waals surface area contributed by atoms with Gasteiger partial charge in [-0.2, -0.15) is 4.98 Å². The molecule has 0 spiro atoms. The first-order valence-electron chi connectivity index (χ1n) is 7.46. The molecular weight excluding hydrogens is 258 g/mol. The number of fused-ring (bicyclic) bond motifs is 1. The van der Waals surface area contributed by atoms with Gasteiger partial charge in [0.1, 0.15) is 11.9 Å². The number of morpholine rings is 1. The van der Waals surface area contributed by atoms with E-state index in [9.17, 15) is 4.79 Å². The fourth-order valence-corrected chi connectivity index (χ4v) is 2.98. The van der Waals surface area contributed by atoms with E-state index in [0.29, 0.717) is 24.2 Å². The van der Waals surface area contributed by atoms with Crippen molar-refractivity contribution in [2.24, 2.45) is 0 Å². The van der Waals surface area contributed by atoms with Gasteiger partial charge < -0.3 is 9.26 Å². The molecule has 3 rings (SSSR count). The monoisotopic (exact) mass is 279 g/mol. The third-order valence-electron chi connectivity index (χ3n) is 4.04. The quantitative estimate of drug-likeness (QED) is 0.814. The van der Waals surface area contributed by atoms with Crippen LogP contribution in [-0.2, 0) is 16.0 Å². The van der Waals surface area contributed by atoms with E-state index < -0.39 is 0 Å². The van der Waals surface area contributed by atoms with Crippen LogP contribution in [0.5, 0.6) is 0 Å². The van der Waals surface area contributed by atoms with Crippen LogP contribution in [-0.4, -0.2) is 46.6 Å². The first kappa shape index (κ1) is 13.7. The molecule has 0 aromatic carbocycles. The highest BCUT2D eigenvalue weighted by Gasteiger charge is 2.34. The zero-order valence-corrected chi connectivity index (χ0v) is 11.9. The Kier molecular flexibility index (Phi) is 4.12. The van der Waals surface area contributed by atoms with Crippen molar-refractivity contribution >= 4 is 5.78 Å². The summed E-state index contributed by atoms with van der Waals surface area (Å²) in [6.07, 6.45) is 3.98. The van der Waals surface area contributed by atoms with Crippen molar-refractivity contribution in [3.63, 3.8) is 0 Å². The minimum absolute atomic E-state index is 0.122. The molecule has 6 heteroatoms. The Bertz CT molecular complexity index is 474. The number of ketones is 1. The summed E-state index contributed by atoms with van der Waals surface area (Å²) in [4.78, 5) is 18.3. The van der Waals surface area contributed by atoms with Crippen LogP contribution in [0.25, 0.3) is 0 Å². The second-order valence-corrected chi connectivity index (χ2v) is 5.62. The van der Waals surface area contributed by atoms with Crippen molar-refractivity contribution in [3.8, 4) is 0 Å². The van der Waals surface area contributed by atoms with Gasteiger partial charge in [0.15, 0.2) is 0 Å². The van der Waals surface area contributed by atoms with E-state index in [2.05, 4.69) is 15.0 Å². The molecular formula is C14H21N3O3. The summed E-state index contributed by atoms with van der Waals surface area (Å²) < 4.78 is 11.0. The van der Waals surface area contributed by atoms with Gasteiger partial charge >= 0.3 is 0 Å². The maximum Gasteiger partial charge on any atom is 0.234 e. The lowest BCUT2D eigenvalue weighted by molar-refractivity contribution is -0.118. The standard InChI is InChI=1S/C14H21N3O3/c1-2-4-11(18)7-13-15-14(16-20-13)12-8-17-6-3-5-10(17)9-19-12/h10,12H,2-9H2,1H3. The summed E-state index contributed by atoms with van der Waals surface area (Å²) in [7, 11) is 0. The number of ether oxygens (including phenoxy) is 1. The molecule has 2 atom stereocenters. The number of aromatic nitrogens is 2. The van der Waals surface area contributed by atoms with E-state index in [1.165, 1.54) is 12.8 Å². The van der Waals surface area contributed by atoms with Crippen molar-refractivity contribution in [2.45, 2.75) is 51.2 Å². The summed E-state index contributed by atoms with van der Waals surface area (Å²) in [6.45, 7) is 4.68. The molecule has 20 heavy (non-hydrogen) atoms. The third-order valence-corrected chi connectivity index (χ3v) is 4.04. The first-order valence-corrected chi connectivity index (χ1v) is 7.46. The highest BCUT2D eigenvalue weighted by atomic mass is 16.5. The Morgan fingerprint density at radius 3 is 3.25 bits per heavy atom. The molecule has 0 N–H and O–H groups in total. The van der Waals surface area contributed by atoms with Gasteiger partial charge in [-0.3, -0.25) is 9.69 Å². The Morgan fingerprint density at radius 2 is 2.40 bits per heavy atom. The molecule has 0 saturated carbocycles. The number of carbonyl (C=O) groups is 1. The van der Waals surface area contributed by atoms with E-state index >= 15 is 0 Å². The summed E-state index contributed by atoms with van der Waals surface area (Å²) in [5.74, 6) is 1.13. The molecule has 2 unspecified atom stereocenters. The van der Waals surface area contributed by atoms with Crippen LogP contribution in [0.15, 0.2) is 4.52 Å². The van der Waals surface area contributed by atoms with E-state index in [0.717, 1.165) is 26.1 Å². The number of carbonyl (C=O) groups excluding carboxylic acids is 1. The average Bonchev–Trinajstić information content (AvgIpc) is 3.06. The number of hydrogen-bond donors (Lipinski definition) is 0. The van der Waals surface area contributed by atoms with Crippen LogP contribution in [0.2, 0.25) is 0 Å². The van der Waals surface area contributed by atoms with Crippen LogP contribution < -0.4 is 0 Å². The largest absolute Gasteiger partial charge is 0.367 e. The van der Waals surface area contributed by atoms with Gasteiger partial charge in [0.25, 0.3) is 0 Å². The molecule has 0 bridgehead atoms. The van der Waals surface area contributed by atoms with Gasteiger partial charge in [-0.1, -0.05) is 12.1 Å². The topological polar surface area (TPSA) is 68.5 Å². The smallest absolute Gasteiger partial charge is 0.234 e. The Hall–Kier alpha value is -1.27. The normalized spacial score (nSPS) is 26.6. The third kappa shape index (κ3) is 2.91. The van der Waals surface area contributed by atoms with Gasteiger partial charge in [-0.05, 0) is 25.8 Å². The molecule has 110 valence electrons. The molecule has 2 saturated heterocycles. The Balaban J connectivity index is 1.60. The lowest BCUT2D eigenvalue weighted by Crippen LogP contribution is -2.42. The van der Waals surface area contributed by atoms with E-state index in [4.69, 9.17) is 9.26 Å². The van der Waals surface area contributed by atoms with Crippen LogP contribution >= 0.6 is 0 Å². The zero-order chi connectivity index (χ0) is 13.9. The Labute approximate surface area is 118 Å². The molecule has 1 aromatic rings. The molecule has 3 heterocycles. The number of nitrogens with zero attached hydrogens (tertiary/aromatic N) is 3. The first-order chi connectivity index (χ1) is 9.76. The molecule has 6 nitrogen and oxygen atoms in total. The van der Waals surface area contributed by atoms with Crippen LogP contribution in [0.4, 0.5) is 0 Å². The van der Waals surface area contributed by atoms with Gasteiger partial charge in [0.2, 0.25) is 11.7 Å². The van der Waals surface area contributed by atoms with Gasteiger partial charge in [-0.15, -0.1) is 0 Å². The molecule has 2 aliphatic heterocycles. The van der Waals surface area contributed by atoms with Crippen molar-refractivity contribution in [3.05, 3.63) is 11.7 Å². The van der Waals surface area contributed by atoms with Crippen molar-refractivity contribution < 1.29 is 14.1 Å². The predicted octanol–water partition coefficient (Wildman–Crippen LogP) is 1.52. The summed E-state index contributed by atoms with van der Waals surface area (Å²) in [6, 6.07) is 0.559. The second-order valence-electron chi connectivity index (χ2n) is 5.62. The minimum atomic E-state index is -0.122. The lowest BCUT2D eigenvalue weighted by atomic mass is 10.2. The highest BCUT2D eigenvalue weighted by Crippen LogP contribution is 2.28. The number of hydrogen-bond acceptors (Lipinski definition) is 6. The van der Waals surface area contributed by atoms with E-state index in [-0.39, 0.29) is 18.3 Å². The van der Waals surface area contributed by atoms with Gasteiger partial charge in [0, 0.05) is 19.0 Å². The van der Waals surface area contributed by atoms with Gasteiger partial charge in [0.05, 0.1) is 13.0 Å². The van der Waals surface area contributed by atoms with Crippen LogP contribution in [0.1, 0.15) is 50.4 Å². The minimum Gasteiger partial charge on any atom is -0.367 e. The predicted molar refractivity (Wildman–Crippen MR) is 71.2 cm³/mol. The molecule has 1 aromatic heterocycles. The molecule has 2 fully saturated rings. The van der Waals surface area contributed by atoms with Crippen molar-refractivity contribution in [1.82, 2.24) is 15.0 Å². The summed E-state index contributed by atoms with van der Waals surface area (Å²) >= 11 is 0. The second kappa shape index (κ2) is 6.01. The van der Waals surface area contributed by atoms with E-state index in [1.807, 2.05) is 6.92 Å². The number of rotatable bonds is 5. The fourth-order valence-electron chi connectivity index (χ4n) is 2.98. The van der Waals surface area contributed by atoms with Gasteiger partial charge in [-0.25, -0.2) is 0 Å².